The summed E-state index contributed by atoms with van der Waals surface area (Å²) in [5.41, 5.74) is 0.555. The maximum atomic E-state index is 6.07. The Hall–Kier alpha value is -1.30. The van der Waals surface area contributed by atoms with Crippen molar-refractivity contribution in [1.29, 1.82) is 0 Å². The highest BCUT2D eigenvalue weighted by molar-refractivity contribution is 7.80. The molecule has 1 heterocycles. The first kappa shape index (κ1) is 16.1. The number of nitrogens with zero attached hydrogens (tertiary/aromatic N) is 1. The van der Waals surface area contributed by atoms with Gasteiger partial charge < -0.3 is 15.2 Å². The highest BCUT2D eigenvalue weighted by atomic mass is 35.5. The molecule has 0 amide bonds. The molecule has 2 aromatic rings. The third-order valence-electron chi connectivity index (χ3n) is 2.67. The van der Waals surface area contributed by atoms with E-state index < -0.39 is 0 Å². The number of aromatic nitrogens is 1. The predicted octanol–water partition coefficient (Wildman–Crippen LogP) is 5.09. The van der Waals surface area contributed by atoms with Gasteiger partial charge in [0.05, 0.1) is 10.7 Å². The monoisotopic (exact) mass is 343 g/mol. The van der Waals surface area contributed by atoms with Crippen LogP contribution in [0.3, 0.4) is 0 Å². The van der Waals surface area contributed by atoms with Gasteiger partial charge in [0.2, 0.25) is 0 Å². The second-order valence-corrected chi connectivity index (χ2v) is 6.78. The number of hydrogen-bond acceptors (Lipinski definition) is 3. The summed E-state index contributed by atoms with van der Waals surface area (Å²) in [5, 5.41) is 11.3. The van der Waals surface area contributed by atoms with Gasteiger partial charge in [-0.2, -0.15) is 0 Å². The zero-order chi connectivity index (χ0) is 15.6. The van der Waals surface area contributed by atoms with Crippen LogP contribution in [0.15, 0.2) is 28.8 Å². The Bertz CT molecular complexity index is 664. The number of hydrogen-bond donors (Lipinski definition) is 2. The molecule has 0 aliphatic rings. The molecule has 112 valence electrons. The fraction of sp³-hybridized carbons (Fsp3) is 0.286. The highest BCUT2D eigenvalue weighted by Crippen LogP contribution is 2.26. The van der Waals surface area contributed by atoms with Crippen molar-refractivity contribution in [3.8, 4) is 0 Å². The quantitative estimate of drug-likeness (QED) is 0.744. The predicted molar refractivity (Wildman–Crippen MR) is 91.5 cm³/mol. The molecule has 1 aromatic carbocycles. The third-order valence-corrected chi connectivity index (χ3v) is 3.42. The number of benzene rings is 1. The Morgan fingerprint density at radius 1 is 1.19 bits per heavy atom. The van der Waals surface area contributed by atoms with Crippen molar-refractivity contribution in [2.75, 3.05) is 10.6 Å². The molecule has 1 aromatic heterocycles. The largest absolute Gasteiger partial charge is 0.359 e. The maximum absolute atomic E-state index is 6.07. The van der Waals surface area contributed by atoms with Crippen molar-refractivity contribution in [1.82, 2.24) is 5.16 Å². The van der Waals surface area contributed by atoms with Gasteiger partial charge in [0.15, 0.2) is 10.9 Å². The average molecular weight is 344 g/mol. The van der Waals surface area contributed by atoms with Crippen molar-refractivity contribution in [3.63, 3.8) is 0 Å². The molecule has 7 heteroatoms. The second-order valence-electron chi connectivity index (χ2n) is 5.53. The van der Waals surface area contributed by atoms with Crippen molar-refractivity contribution < 1.29 is 4.52 Å². The van der Waals surface area contributed by atoms with Crippen LogP contribution in [0.1, 0.15) is 26.5 Å². The smallest absolute Gasteiger partial charge is 0.176 e. The summed E-state index contributed by atoms with van der Waals surface area (Å²) >= 11 is 17.1. The summed E-state index contributed by atoms with van der Waals surface area (Å²) in [7, 11) is 0. The first-order chi connectivity index (χ1) is 9.75. The lowest BCUT2D eigenvalue weighted by molar-refractivity contribution is 0.331. The molecule has 21 heavy (non-hydrogen) atoms. The Kier molecular flexibility index (Phi) is 4.76. The lowest BCUT2D eigenvalue weighted by Crippen LogP contribution is -2.19. The minimum Gasteiger partial charge on any atom is -0.359 e. The lowest BCUT2D eigenvalue weighted by atomic mass is 9.93. The van der Waals surface area contributed by atoms with Crippen molar-refractivity contribution in [3.05, 3.63) is 40.1 Å². The van der Waals surface area contributed by atoms with Crippen molar-refractivity contribution >= 4 is 52.0 Å². The summed E-state index contributed by atoms with van der Waals surface area (Å²) in [6.07, 6.45) is 0. The summed E-state index contributed by atoms with van der Waals surface area (Å²) < 4.78 is 5.28. The van der Waals surface area contributed by atoms with Crippen molar-refractivity contribution in [2.24, 2.45) is 0 Å². The summed E-state index contributed by atoms with van der Waals surface area (Å²) in [5.74, 6) is 1.32. The molecule has 0 spiro atoms. The number of anilines is 2. The molecular weight excluding hydrogens is 329 g/mol. The lowest BCUT2D eigenvalue weighted by Gasteiger charge is -2.12. The molecule has 2 rings (SSSR count). The normalized spacial score (nSPS) is 11.3. The molecule has 0 aliphatic heterocycles. The van der Waals surface area contributed by atoms with E-state index in [1.807, 2.05) is 26.8 Å². The number of halogens is 2. The first-order valence-corrected chi connectivity index (χ1v) is 7.42. The minimum absolute atomic E-state index is 0.110. The fourth-order valence-corrected chi connectivity index (χ4v) is 2.22. The van der Waals surface area contributed by atoms with E-state index in [4.69, 9.17) is 39.9 Å². The minimum atomic E-state index is -0.110. The summed E-state index contributed by atoms with van der Waals surface area (Å²) in [6.45, 7) is 6.13. The van der Waals surface area contributed by atoms with Gasteiger partial charge in [-0.25, -0.2) is 0 Å². The van der Waals surface area contributed by atoms with Crippen LogP contribution in [0.4, 0.5) is 11.5 Å². The van der Waals surface area contributed by atoms with E-state index in [0.29, 0.717) is 26.7 Å². The van der Waals surface area contributed by atoms with Gasteiger partial charge in [-0.1, -0.05) is 49.1 Å². The number of rotatable bonds is 2. The second kappa shape index (κ2) is 6.22. The van der Waals surface area contributed by atoms with Gasteiger partial charge in [-0.05, 0) is 30.4 Å². The van der Waals surface area contributed by atoms with Crippen LogP contribution < -0.4 is 10.6 Å². The number of thiocarbonyl (C=S) groups is 1. The molecule has 0 saturated heterocycles. The summed E-state index contributed by atoms with van der Waals surface area (Å²) in [4.78, 5) is 0. The van der Waals surface area contributed by atoms with Crippen LogP contribution >= 0.6 is 35.4 Å². The molecule has 0 atom stereocenters. The Morgan fingerprint density at radius 2 is 1.90 bits per heavy atom. The van der Waals surface area contributed by atoms with Gasteiger partial charge in [-0.3, -0.25) is 0 Å². The van der Waals surface area contributed by atoms with Crippen LogP contribution in [-0.2, 0) is 5.41 Å². The van der Waals surface area contributed by atoms with Gasteiger partial charge in [0.1, 0.15) is 5.76 Å². The molecular formula is C14H15Cl2N3OS. The average Bonchev–Trinajstić information content (AvgIpc) is 2.81. The van der Waals surface area contributed by atoms with E-state index in [0.717, 1.165) is 5.76 Å². The molecule has 0 aliphatic carbocycles. The Labute approximate surface area is 138 Å². The van der Waals surface area contributed by atoms with E-state index in [-0.39, 0.29) is 5.41 Å². The van der Waals surface area contributed by atoms with Crippen molar-refractivity contribution in [2.45, 2.75) is 26.2 Å². The molecule has 0 radical (unpaired) electrons. The highest BCUT2D eigenvalue weighted by Gasteiger charge is 2.20. The van der Waals surface area contributed by atoms with E-state index in [1.165, 1.54) is 0 Å². The zero-order valence-corrected chi connectivity index (χ0v) is 14.2. The van der Waals surface area contributed by atoms with Crippen LogP contribution in [0.25, 0.3) is 0 Å². The maximum Gasteiger partial charge on any atom is 0.176 e. The number of nitrogens with one attached hydrogen (secondary N) is 2. The third kappa shape index (κ3) is 4.33. The molecule has 0 bridgehead atoms. The first-order valence-electron chi connectivity index (χ1n) is 6.26. The van der Waals surface area contributed by atoms with Crippen LogP contribution in [0, 0.1) is 0 Å². The van der Waals surface area contributed by atoms with E-state index in [1.54, 1.807) is 18.2 Å². The standard InChI is InChI=1S/C14H15Cl2N3OS/c1-14(2,3)11-7-12(19-20-11)18-13(21)17-10-5-4-8(15)6-9(10)16/h4-7H,1-3H3,(H2,17,18,19,21). The molecule has 0 unspecified atom stereocenters. The SMILES string of the molecule is CC(C)(C)c1cc(NC(=S)Nc2ccc(Cl)cc2Cl)no1. The van der Waals surface area contributed by atoms with Gasteiger partial charge in [-0.15, -0.1) is 0 Å². The molecule has 2 N–H and O–H groups in total. The molecule has 0 fully saturated rings. The van der Waals surface area contributed by atoms with E-state index in [2.05, 4.69) is 15.8 Å². The topological polar surface area (TPSA) is 50.1 Å². The van der Waals surface area contributed by atoms with Gasteiger partial charge in [0.25, 0.3) is 0 Å². The molecule has 4 nitrogen and oxygen atoms in total. The van der Waals surface area contributed by atoms with Gasteiger partial charge >= 0.3 is 0 Å². The van der Waals surface area contributed by atoms with Crippen LogP contribution in [0.5, 0.6) is 0 Å². The van der Waals surface area contributed by atoms with Gasteiger partial charge in [0, 0.05) is 16.5 Å². The summed E-state index contributed by atoms with van der Waals surface area (Å²) in [6, 6.07) is 6.94. The Balaban J connectivity index is 2.03. The van der Waals surface area contributed by atoms with E-state index >= 15 is 0 Å². The fourth-order valence-electron chi connectivity index (χ4n) is 1.55. The van der Waals surface area contributed by atoms with Crippen LogP contribution in [0.2, 0.25) is 10.0 Å². The molecule has 0 saturated carbocycles. The Morgan fingerprint density at radius 3 is 2.48 bits per heavy atom. The zero-order valence-electron chi connectivity index (χ0n) is 11.8. The van der Waals surface area contributed by atoms with E-state index in [9.17, 15) is 0 Å². The van der Waals surface area contributed by atoms with Crippen LogP contribution in [-0.4, -0.2) is 10.3 Å².